The molecule has 0 atom stereocenters. The third-order valence-electron chi connectivity index (χ3n) is 4.40. The van der Waals surface area contributed by atoms with Crippen LogP contribution in [-0.2, 0) is 27.5 Å². The van der Waals surface area contributed by atoms with Gasteiger partial charge < -0.3 is 15.3 Å². The number of pyridine rings is 1. The standard InChI is InChI=1S/C18H23N5O6S/c24-16(25)9-21-1-3-22(10-17(26)27)7-14-5-13(19-12-30)6-15(20-14)8-23(4-2-21)11-18(28)29/h5-6H,1-4,7-11H2,(H,24,25)(H,26,27)(H,28,29). The highest BCUT2D eigenvalue weighted by atomic mass is 32.1. The van der Waals surface area contributed by atoms with Gasteiger partial charge in [-0.1, -0.05) is 0 Å². The van der Waals surface area contributed by atoms with Crippen molar-refractivity contribution in [1.29, 1.82) is 0 Å². The van der Waals surface area contributed by atoms with Gasteiger partial charge in [0.2, 0.25) is 0 Å². The molecule has 3 N–H and O–H groups in total. The van der Waals surface area contributed by atoms with Gasteiger partial charge in [0.25, 0.3) is 0 Å². The zero-order valence-corrected chi connectivity index (χ0v) is 17.0. The van der Waals surface area contributed by atoms with Crippen molar-refractivity contribution in [1.82, 2.24) is 19.7 Å². The van der Waals surface area contributed by atoms with Crippen molar-refractivity contribution < 1.29 is 29.7 Å². The third kappa shape index (κ3) is 8.31. The summed E-state index contributed by atoms with van der Waals surface area (Å²) in [6, 6.07) is 3.33. The minimum absolute atomic E-state index is 0.208. The number of rotatable bonds is 7. The monoisotopic (exact) mass is 437 g/mol. The van der Waals surface area contributed by atoms with Crippen molar-refractivity contribution in [3.8, 4) is 0 Å². The maximum Gasteiger partial charge on any atom is 0.317 e. The molecule has 0 saturated carbocycles. The van der Waals surface area contributed by atoms with Crippen molar-refractivity contribution >= 4 is 41.0 Å². The lowest BCUT2D eigenvalue weighted by Gasteiger charge is -2.29. The van der Waals surface area contributed by atoms with Crippen LogP contribution in [0.3, 0.4) is 0 Å². The number of hydrogen-bond acceptors (Lipinski definition) is 9. The molecule has 12 heteroatoms. The van der Waals surface area contributed by atoms with E-state index in [1.165, 1.54) is 0 Å². The van der Waals surface area contributed by atoms with Crippen LogP contribution in [0.2, 0.25) is 0 Å². The molecule has 2 bridgehead atoms. The first-order valence-electron chi connectivity index (χ1n) is 9.15. The summed E-state index contributed by atoms with van der Waals surface area (Å²) in [4.78, 5) is 47.2. The second kappa shape index (κ2) is 11.4. The Balaban J connectivity index is 2.38. The van der Waals surface area contributed by atoms with Crippen LogP contribution in [-0.4, -0.2) is 104 Å². The minimum atomic E-state index is -1.01. The molecule has 1 aliphatic heterocycles. The highest BCUT2D eigenvalue weighted by Crippen LogP contribution is 2.18. The summed E-state index contributed by atoms with van der Waals surface area (Å²) in [5, 5.41) is 29.9. The van der Waals surface area contributed by atoms with Crippen molar-refractivity contribution in [2.45, 2.75) is 13.1 Å². The molecular weight excluding hydrogens is 414 g/mol. The number of isothiocyanates is 1. The number of thiocarbonyl (C=S) groups is 1. The zero-order chi connectivity index (χ0) is 22.1. The van der Waals surface area contributed by atoms with Crippen LogP contribution in [0.1, 0.15) is 11.4 Å². The number of fused-ring (bicyclic) bond motifs is 2. The number of aliphatic imine (C=N–C) groups is 1. The number of carboxylic acid groups (broad SMARTS) is 3. The average molecular weight is 437 g/mol. The molecule has 11 nitrogen and oxygen atoms in total. The van der Waals surface area contributed by atoms with Crippen LogP contribution in [0.15, 0.2) is 17.1 Å². The molecule has 30 heavy (non-hydrogen) atoms. The van der Waals surface area contributed by atoms with E-state index in [1.54, 1.807) is 26.8 Å². The van der Waals surface area contributed by atoms with E-state index in [-0.39, 0.29) is 32.7 Å². The first-order chi connectivity index (χ1) is 14.2. The smallest absolute Gasteiger partial charge is 0.317 e. The van der Waals surface area contributed by atoms with E-state index in [2.05, 4.69) is 27.4 Å². The van der Waals surface area contributed by atoms with Gasteiger partial charge in [-0.25, -0.2) is 0 Å². The Bertz CT molecular complexity index is 796. The molecular formula is C18H23N5O6S. The molecule has 1 aromatic rings. The van der Waals surface area contributed by atoms with Gasteiger partial charge in [-0.2, -0.15) is 4.99 Å². The van der Waals surface area contributed by atoms with Crippen LogP contribution in [0.5, 0.6) is 0 Å². The number of aromatic nitrogens is 1. The van der Waals surface area contributed by atoms with Gasteiger partial charge in [0.1, 0.15) is 0 Å². The van der Waals surface area contributed by atoms with E-state index < -0.39 is 17.9 Å². The van der Waals surface area contributed by atoms with E-state index in [0.717, 1.165) is 0 Å². The summed E-state index contributed by atoms with van der Waals surface area (Å²) >= 11 is 4.66. The van der Waals surface area contributed by atoms with Crippen LogP contribution in [0, 0.1) is 0 Å². The summed E-state index contributed by atoms with van der Waals surface area (Å²) in [5.74, 6) is -3.02. The molecule has 0 fully saturated rings. The molecule has 2 rings (SSSR count). The fraction of sp³-hybridized carbons (Fsp3) is 0.500. The topological polar surface area (TPSA) is 147 Å². The maximum atomic E-state index is 11.3. The third-order valence-corrected chi connectivity index (χ3v) is 4.49. The van der Waals surface area contributed by atoms with Gasteiger partial charge in [0, 0.05) is 39.3 Å². The van der Waals surface area contributed by atoms with Gasteiger partial charge in [-0.05, 0) is 24.4 Å². The highest BCUT2D eigenvalue weighted by molar-refractivity contribution is 7.78. The van der Waals surface area contributed by atoms with Crippen LogP contribution < -0.4 is 0 Å². The van der Waals surface area contributed by atoms with Crippen LogP contribution in [0.25, 0.3) is 0 Å². The van der Waals surface area contributed by atoms with Crippen LogP contribution in [0.4, 0.5) is 5.69 Å². The minimum Gasteiger partial charge on any atom is -0.480 e. The summed E-state index contributed by atoms with van der Waals surface area (Å²) in [5.41, 5.74) is 1.61. The Morgan fingerprint density at radius 2 is 1.27 bits per heavy atom. The summed E-state index contributed by atoms with van der Waals surface area (Å²) in [7, 11) is 0. The SMILES string of the molecule is O=C(O)CN1CCN(CC(=O)O)Cc2cc(N=C=S)cc(n2)CN(CC(=O)O)CC1. The molecule has 0 spiro atoms. The molecule has 0 saturated heterocycles. The van der Waals surface area contributed by atoms with E-state index in [0.29, 0.717) is 43.3 Å². The lowest BCUT2D eigenvalue weighted by atomic mass is 10.2. The lowest BCUT2D eigenvalue weighted by molar-refractivity contribution is -0.140. The molecule has 0 unspecified atom stereocenters. The normalized spacial score (nSPS) is 16.7. The second-order valence-electron chi connectivity index (χ2n) is 6.89. The predicted octanol–water partition coefficient (Wildman–Crippen LogP) is -0.0107. The highest BCUT2D eigenvalue weighted by Gasteiger charge is 2.20. The molecule has 0 aromatic carbocycles. The van der Waals surface area contributed by atoms with E-state index >= 15 is 0 Å². The molecule has 1 aromatic heterocycles. The first kappa shape index (κ1) is 23.5. The number of aliphatic carboxylic acids is 3. The van der Waals surface area contributed by atoms with Crippen molar-refractivity contribution in [3.05, 3.63) is 23.5 Å². The molecule has 162 valence electrons. The average Bonchev–Trinajstić information content (AvgIpc) is 2.61. The summed E-state index contributed by atoms with van der Waals surface area (Å²) in [6.07, 6.45) is 0. The predicted molar refractivity (Wildman–Crippen MR) is 109 cm³/mol. The number of carboxylic acids is 3. The largest absolute Gasteiger partial charge is 0.480 e. The van der Waals surface area contributed by atoms with Gasteiger partial charge >= 0.3 is 17.9 Å². The molecule has 0 radical (unpaired) electrons. The lowest BCUT2D eigenvalue weighted by Crippen LogP contribution is -2.44. The first-order valence-corrected chi connectivity index (χ1v) is 9.56. The fourth-order valence-electron chi connectivity index (χ4n) is 3.21. The molecule has 0 amide bonds. The van der Waals surface area contributed by atoms with Gasteiger partial charge in [0.05, 0.1) is 41.9 Å². The maximum absolute atomic E-state index is 11.3. The second-order valence-corrected chi connectivity index (χ2v) is 7.07. The van der Waals surface area contributed by atoms with Crippen molar-refractivity contribution in [3.63, 3.8) is 0 Å². The molecule has 0 aliphatic carbocycles. The van der Waals surface area contributed by atoms with Gasteiger partial charge in [-0.3, -0.25) is 34.1 Å². The Kier molecular flexibility index (Phi) is 8.96. The number of hydrogen-bond donors (Lipinski definition) is 3. The van der Waals surface area contributed by atoms with Crippen molar-refractivity contribution in [2.75, 3.05) is 45.8 Å². The summed E-state index contributed by atoms with van der Waals surface area (Å²) < 4.78 is 0. The Labute approximate surface area is 178 Å². The van der Waals surface area contributed by atoms with Gasteiger partial charge in [0.15, 0.2) is 0 Å². The summed E-state index contributed by atoms with van der Waals surface area (Å²) in [6.45, 7) is 0.953. The van der Waals surface area contributed by atoms with E-state index in [1.807, 2.05) is 0 Å². The molecule has 2 heterocycles. The van der Waals surface area contributed by atoms with E-state index in [9.17, 15) is 24.6 Å². The quantitative estimate of drug-likeness (QED) is 0.391. The fourth-order valence-corrected chi connectivity index (χ4v) is 3.31. The van der Waals surface area contributed by atoms with E-state index in [4.69, 9.17) is 5.11 Å². The Morgan fingerprint density at radius 1 is 0.867 bits per heavy atom. The Morgan fingerprint density at radius 3 is 1.67 bits per heavy atom. The van der Waals surface area contributed by atoms with Crippen LogP contribution >= 0.6 is 12.2 Å². The molecule has 1 aliphatic rings. The van der Waals surface area contributed by atoms with Crippen molar-refractivity contribution in [2.24, 2.45) is 4.99 Å². The number of carbonyl (C=O) groups is 3. The van der Waals surface area contributed by atoms with Gasteiger partial charge in [-0.15, -0.1) is 0 Å². The zero-order valence-electron chi connectivity index (χ0n) is 16.2. The Hall–Kier alpha value is -2.76. The number of nitrogens with zero attached hydrogens (tertiary/aromatic N) is 5.